The lowest BCUT2D eigenvalue weighted by Gasteiger charge is -1.99. The minimum absolute atomic E-state index is 0.183. The Kier molecular flexibility index (Phi) is 6.46. The topological polar surface area (TPSA) is 56.6 Å². The Morgan fingerprint density at radius 2 is 2.20 bits per heavy atom. The quantitative estimate of drug-likeness (QED) is 0.336. The number of rotatable bonds is 8. The summed E-state index contributed by atoms with van der Waals surface area (Å²) in [5, 5.41) is 10.9. The van der Waals surface area contributed by atoms with E-state index in [1.807, 2.05) is 30.4 Å². The second-order valence-electron chi connectivity index (χ2n) is 6.33. The van der Waals surface area contributed by atoms with Crippen LogP contribution in [0.2, 0.25) is 0 Å². The standard InChI is InChI=1S/C21H25NO3/c23-21(22-16-19-11-8-14-24-19)13-5-3-1-2-4-10-18-15-17-9-6-7-12-20(17)25-18/h1,3,5-7,9,12-13,15,19H,2,4,8,10-11,14,16H2,(H,22,23)/p+1/b3-1+,13-5+. The van der Waals surface area contributed by atoms with Gasteiger partial charge in [0.15, 0.2) is 6.54 Å². The van der Waals surface area contributed by atoms with Crippen molar-refractivity contribution in [1.29, 1.82) is 0 Å². The summed E-state index contributed by atoms with van der Waals surface area (Å²) in [4.78, 5) is 2.97. The Labute approximate surface area is 148 Å². The number of hydrogen-bond acceptors (Lipinski definition) is 2. The summed E-state index contributed by atoms with van der Waals surface area (Å²) in [7, 11) is 0. The molecule has 1 fully saturated rings. The molecule has 1 aliphatic rings. The maximum atomic E-state index is 9.75. The number of aliphatic hydroxyl groups is 1. The van der Waals surface area contributed by atoms with Gasteiger partial charge < -0.3 is 14.3 Å². The van der Waals surface area contributed by atoms with Crippen LogP contribution in [0.1, 0.15) is 31.4 Å². The second kappa shape index (κ2) is 9.23. The number of nitrogens with one attached hydrogen (secondary N) is 1. The number of benzene rings is 1. The maximum Gasteiger partial charge on any atom is 0.358 e. The van der Waals surface area contributed by atoms with E-state index < -0.39 is 0 Å². The summed E-state index contributed by atoms with van der Waals surface area (Å²) in [6.45, 7) is 1.50. The van der Waals surface area contributed by atoms with Crippen molar-refractivity contribution in [2.75, 3.05) is 13.2 Å². The first-order chi connectivity index (χ1) is 12.3. The summed E-state index contributed by atoms with van der Waals surface area (Å²) in [5.74, 6) is 1.22. The molecule has 0 bridgehead atoms. The molecule has 25 heavy (non-hydrogen) atoms. The van der Waals surface area contributed by atoms with Gasteiger partial charge in [-0.2, -0.15) is 0 Å². The number of unbranched alkanes of at least 4 members (excludes halogenated alkanes) is 1. The summed E-state index contributed by atoms with van der Waals surface area (Å²) in [5.41, 5.74) is 0.956. The summed E-state index contributed by atoms with van der Waals surface area (Å²) < 4.78 is 11.3. The minimum atomic E-state index is 0.183. The Bertz CT molecular complexity index is 718. The predicted octanol–water partition coefficient (Wildman–Crippen LogP) is 3.08. The first-order valence-electron chi connectivity index (χ1n) is 9.03. The van der Waals surface area contributed by atoms with Crippen LogP contribution in [0.3, 0.4) is 0 Å². The van der Waals surface area contributed by atoms with Crippen LogP contribution in [0.4, 0.5) is 0 Å². The molecular formula is C21H26NO3+. The van der Waals surface area contributed by atoms with Gasteiger partial charge in [-0.25, -0.2) is 4.99 Å². The molecule has 0 amide bonds. The van der Waals surface area contributed by atoms with Gasteiger partial charge in [0, 0.05) is 24.5 Å². The van der Waals surface area contributed by atoms with Crippen molar-refractivity contribution in [3.05, 3.63) is 60.4 Å². The van der Waals surface area contributed by atoms with Crippen LogP contribution in [-0.4, -0.2) is 30.3 Å². The molecule has 3 rings (SSSR count). The third kappa shape index (κ3) is 5.61. The van der Waals surface area contributed by atoms with Crippen LogP contribution in [-0.2, 0) is 11.2 Å². The highest BCUT2D eigenvalue weighted by Gasteiger charge is 2.17. The van der Waals surface area contributed by atoms with E-state index in [1.165, 1.54) is 0 Å². The molecule has 4 nitrogen and oxygen atoms in total. The molecule has 1 unspecified atom stereocenters. The van der Waals surface area contributed by atoms with Crippen molar-refractivity contribution < 1.29 is 19.3 Å². The zero-order valence-corrected chi connectivity index (χ0v) is 14.5. The van der Waals surface area contributed by atoms with Crippen molar-refractivity contribution in [3.8, 4) is 0 Å². The normalized spacial score (nSPS) is 18.9. The lowest BCUT2D eigenvalue weighted by molar-refractivity contribution is -0.476. The SMILES string of the molecule is OC(/C=C/C=C/CCCc1cc2ccccc2o1)=[NH+]CC1CCCO1. The number of aliphatic hydroxyl groups excluding tert-OH is 1. The number of fused-ring (bicyclic) bond motifs is 1. The lowest BCUT2D eigenvalue weighted by atomic mass is 10.2. The van der Waals surface area contributed by atoms with Crippen LogP contribution in [0.25, 0.3) is 11.0 Å². The fourth-order valence-electron chi connectivity index (χ4n) is 2.96. The number of furan rings is 1. The predicted molar refractivity (Wildman–Crippen MR) is 99.9 cm³/mol. The molecule has 1 aromatic carbocycles. The van der Waals surface area contributed by atoms with E-state index in [9.17, 15) is 5.11 Å². The van der Waals surface area contributed by atoms with Gasteiger partial charge in [0.2, 0.25) is 0 Å². The van der Waals surface area contributed by atoms with Crippen molar-refractivity contribution in [1.82, 2.24) is 0 Å². The maximum absolute atomic E-state index is 9.75. The van der Waals surface area contributed by atoms with Crippen molar-refractivity contribution in [3.63, 3.8) is 0 Å². The van der Waals surface area contributed by atoms with Crippen molar-refractivity contribution in [2.45, 2.75) is 38.2 Å². The first-order valence-corrected chi connectivity index (χ1v) is 9.03. The van der Waals surface area contributed by atoms with Gasteiger partial charge >= 0.3 is 5.90 Å². The van der Waals surface area contributed by atoms with E-state index in [2.05, 4.69) is 23.2 Å². The van der Waals surface area contributed by atoms with Gasteiger partial charge in [-0.1, -0.05) is 36.4 Å². The van der Waals surface area contributed by atoms with Gasteiger partial charge in [-0.05, 0) is 37.8 Å². The first kappa shape index (κ1) is 17.5. The summed E-state index contributed by atoms with van der Waals surface area (Å²) >= 11 is 0. The highest BCUT2D eigenvalue weighted by atomic mass is 16.5. The van der Waals surface area contributed by atoms with Crippen LogP contribution in [0, 0.1) is 0 Å². The Hall–Kier alpha value is -2.33. The molecule has 1 aliphatic heterocycles. The van der Waals surface area contributed by atoms with E-state index in [0.717, 1.165) is 55.4 Å². The molecule has 132 valence electrons. The number of para-hydroxylation sites is 1. The Morgan fingerprint density at radius 1 is 1.28 bits per heavy atom. The van der Waals surface area contributed by atoms with Crippen LogP contribution in [0.15, 0.2) is 59.1 Å². The van der Waals surface area contributed by atoms with Crippen LogP contribution < -0.4 is 4.99 Å². The molecular weight excluding hydrogens is 314 g/mol. The molecule has 1 aromatic heterocycles. The molecule has 0 saturated carbocycles. The van der Waals surface area contributed by atoms with Gasteiger partial charge in [-0.15, -0.1) is 0 Å². The van der Waals surface area contributed by atoms with Crippen molar-refractivity contribution >= 4 is 16.9 Å². The molecule has 1 saturated heterocycles. The summed E-state index contributed by atoms with van der Waals surface area (Å²) in [6, 6.07) is 10.2. The van der Waals surface area contributed by atoms with Crippen LogP contribution >= 0.6 is 0 Å². The zero-order valence-electron chi connectivity index (χ0n) is 14.5. The number of hydrogen-bond donors (Lipinski definition) is 2. The van der Waals surface area contributed by atoms with Crippen molar-refractivity contribution in [2.24, 2.45) is 0 Å². The van der Waals surface area contributed by atoms with Gasteiger partial charge in [-0.3, -0.25) is 0 Å². The van der Waals surface area contributed by atoms with E-state index in [-0.39, 0.29) is 12.0 Å². The minimum Gasteiger partial charge on any atom is -0.461 e. The molecule has 0 spiro atoms. The zero-order chi connectivity index (χ0) is 17.3. The molecule has 2 N–H and O–H groups in total. The van der Waals surface area contributed by atoms with E-state index in [1.54, 1.807) is 6.08 Å². The largest absolute Gasteiger partial charge is 0.461 e. The highest BCUT2D eigenvalue weighted by Crippen LogP contribution is 2.20. The van der Waals surface area contributed by atoms with Gasteiger partial charge in [0.1, 0.15) is 17.4 Å². The van der Waals surface area contributed by atoms with E-state index in [4.69, 9.17) is 9.15 Å². The summed E-state index contributed by atoms with van der Waals surface area (Å²) in [6.07, 6.45) is 12.9. The smallest absolute Gasteiger partial charge is 0.358 e. The third-order valence-electron chi connectivity index (χ3n) is 4.31. The monoisotopic (exact) mass is 340 g/mol. The number of ether oxygens (including phenoxy) is 1. The van der Waals surface area contributed by atoms with E-state index >= 15 is 0 Å². The molecule has 2 aromatic rings. The molecule has 2 heterocycles. The molecule has 0 aliphatic carbocycles. The molecule has 4 heteroatoms. The average Bonchev–Trinajstić information content (AvgIpc) is 3.28. The van der Waals surface area contributed by atoms with Gasteiger partial charge in [0.25, 0.3) is 0 Å². The fraction of sp³-hybridized carbons (Fsp3) is 0.381. The number of allylic oxidation sites excluding steroid dienone is 3. The molecule has 1 atom stereocenters. The molecule has 0 radical (unpaired) electrons. The third-order valence-corrected chi connectivity index (χ3v) is 4.31. The average molecular weight is 340 g/mol. The van der Waals surface area contributed by atoms with Gasteiger partial charge in [0.05, 0.1) is 0 Å². The lowest BCUT2D eigenvalue weighted by Crippen LogP contribution is -2.75. The fourth-order valence-corrected chi connectivity index (χ4v) is 2.96. The second-order valence-corrected chi connectivity index (χ2v) is 6.33. The Morgan fingerprint density at radius 3 is 3.04 bits per heavy atom. The van der Waals surface area contributed by atoms with Crippen LogP contribution in [0.5, 0.6) is 0 Å². The number of aryl methyl sites for hydroxylation is 1. The van der Waals surface area contributed by atoms with E-state index in [0.29, 0.717) is 6.54 Å². The Balaban J connectivity index is 1.34. The highest BCUT2D eigenvalue weighted by molar-refractivity contribution is 5.80.